The summed E-state index contributed by atoms with van der Waals surface area (Å²) in [6.07, 6.45) is 0.520. The Labute approximate surface area is 143 Å². The molecule has 1 aliphatic carbocycles. The van der Waals surface area contributed by atoms with Gasteiger partial charge >= 0.3 is 0 Å². The molecule has 2 amide bonds. The highest BCUT2D eigenvalue weighted by atomic mass is 35.5. The van der Waals surface area contributed by atoms with Crippen molar-refractivity contribution >= 4 is 46.4 Å². The third kappa shape index (κ3) is 3.66. The van der Waals surface area contributed by atoms with Crippen molar-refractivity contribution in [2.24, 2.45) is 11.8 Å². The van der Waals surface area contributed by atoms with E-state index >= 15 is 0 Å². The largest absolute Gasteiger partial charge is 0.325 e. The molecule has 2 aromatic carbocycles. The molecule has 2 aromatic rings. The SMILES string of the molecule is O=C(Nc1ccccc1Cl)C1CC1C(=O)Nc1ccccc1Cl. The number of amides is 2. The summed E-state index contributed by atoms with van der Waals surface area (Å²) in [5.41, 5.74) is 1.10. The maximum absolute atomic E-state index is 12.2. The zero-order valence-electron chi connectivity index (χ0n) is 12.1. The minimum Gasteiger partial charge on any atom is -0.325 e. The van der Waals surface area contributed by atoms with Crippen LogP contribution in [0.4, 0.5) is 11.4 Å². The number of carbonyl (C=O) groups is 2. The Morgan fingerprint density at radius 2 is 1.17 bits per heavy atom. The van der Waals surface area contributed by atoms with Gasteiger partial charge in [0, 0.05) is 0 Å². The first-order valence-electron chi connectivity index (χ1n) is 7.17. The van der Waals surface area contributed by atoms with Crippen molar-refractivity contribution in [3.63, 3.8) is 0 Å². The van der Waals surface area contributed by atoms with Gasteiger partial charge in [0.1, 0.15) is 0 Å². The molecule has 0 spiro atoms. The van der Waals surface area contributed by atoms with Gasteiger partial charge in [0.25, 0.3) is 0 Å². The molecule has 3 rings (SSSR count). The summed E-state index contributed by atoms with van der Waals surface area (Å²) in [5, 5.41) is 6.45. The minimum absolute atomic E-state index is 0.197. The summed E-state index contributed by atoms with van der Waals surface area (Å²) in [4.78, 5) is 24.4. The van der Waals surface area contributed by atoms with E-state index in [0.717, 1.165) is 0 Å². The standard InChI is InChI=1S/C17H14Cl2N2O2/c18-12-5-1-3-7-14(12)20-16(22)10-9-11(10)17(23)21-15-8-4-2-6-13(15)19/h1-8,10-11H,9H2,(H,20,22)(H,21,23). The molecule has 2 unspecified atom stereocenters. The molecule has 118 valence electrons. The van der Waals surface area contributed by atoms with Crippen molar-refractivity contribution in [3.8, 4) is 0 Å². The summed E-state index contributed by atoms with van der Waals surface area (Å²) in [7, 11) is 0. The summed E-state index contributed by atoms with van der Waals surface area (Å²) in [5.74, 6) is -1.07. The van der Waals surface area contributed by atoms with E-state index in [-0.39, 0.29) is 23.7 Å². The first-order chi connectivity index (χ1) is 11.1. The number of halogens is 2. The number of para-hydroxylation sites is 2. The number of hydrogen-bond acceptors (Lipinski definition) is 2. The van der Waals surface area contributed by atoms with Crippen LogP contribution in [0.3, 0.4) is 0 Å². The van der Waals surface area contributed by atoms with Crippen LogP contribution >= 0.6 is 23.2 Å². The highest BCUT2D eigenvalue weighted by molar-refractivity contribution is 6.34. The van der Waals surface area contributed by atoms with E-state index in [0.29, 0.717) is 27.8 Å². The molecule has 6 heteroatoms. The van der Waals surface area contributed by atoms with E-state index in [2.05, 4.69) is 10.6 Å². The second kappa shape index (κ2) is 6.60. The van der Waals surface area contributed by atoms with Gasteiger partial charge in [-0.25, -0.2) is 0 Å². The third-order valence-electron chi connectivity index (χ3n) is 3.73. The second-order valence-corrected chi connectivity index (χ2v) is 6.20. The van der Waals surface area contributed by atoms with Crippen LogP contribution in [0.15, 0.2) is 48.5 Å². The summed E-state index contributed by atoms with van der Waals surface area (Å²) in [6, 6.07) is 14.0. The fraction of sp³-hybridized carbons (Fsp3) is 0.176. The molecular formula is C17H14Cl2N2O2. The number of anilines is 2. The Bertz CT molecular complexity index is 700. The first kappa shape index (κ1) is 15.8. The quantitative estimate of drug-likeness (QED) is 0.869. The Hall–Kier alpha value is -2.04. The van der Waals surface area contributed by atoms with Gasteiger partial charge in [0.2, 0.25) is 11.8 Å². The van der Waals surface area contributed by atoms with Crippen LogP contribution in [0.25, 0.3) is 0 Å². The molecular weight excluding hydrogens is 335 g/mol. The van der Waals surface area contributed by atoms with Crippen molar-refractivity contribution in [1.29, 1.82) is 0 Å². The molecule has 2 N–H and O–H groups in total. The molecule has 0 saturated heterocycles. The Morgan fingerprint density at radius 1 is 0.783 bits per heavy atom. The van der Waals surface area contributed by atoms with Crippen LogP contribution < -0.4 is 10.6 Å². The molecule has 0 bridgehead atoms. The van der Waals surface area contributed by atoms with E-state index in [4.69, 9.17) is 23.2 Å². The van der Waals surface area contributed by atoms with Crippen LogP contribution in [0.1, 0.15) is 6.42 Å². The highest BCUT2D eigenvalue weighted by Gasteiger charge is 2.48. The monoisotopic (exact) mass is 348 g/mol. The molecule has 0 radical (unpaired) electrons. The molecule has 23 heavy (non-hydrogen) atoms. The summed E-state index contributed by atoms with van der Waals surface area (Å²) >= 11 is 12.0. The van der Waals surface area contributed by atoms with Gasteiger partial charge in [0.15, 0.2) is 0 Å². The Morgan fingerprint density at radius 3 is 1.57 bits per heavy atom. The molecule has 1 aliphatic rings. The maximum Gasteiger partial charge on any atom is 0.228 e. The molecule has 1 fully saturated rings. The van der Waals surface area contributed by atoms with Crippen LogP contribution in [0.5, 0.6) is 0 Å². The normalized spacial score (nSPS) is 19.0. The molecule has 0 aliphatic heterocycles. The van der Waals surface area contributed by atoms with E-state index in [1.54, 1.807) is 48.5 Å². The predicted octanol–water partition coefficient (Wildman–Crippen LogP) is 4.21. The van der Waals surface area contributed by atoms with E-state index < -0.39 is 0 Å². The number of rotatable bonds is 4. The first-order valence-corrected chi connectivity index (χ1v) is 7.92. The average molecular weight is 349 g/mol. The van der Waals surface area contributed by atoms with Gasteiger partial charge in [0.05, 0.1) is 33.3 Å². The lowest BCUT2D eigenvalue weighted by Crippen LogP contribution is -2.20. The number of benzene rings is 2. The smallest absolute Gasteiger partial charge is 0.228 e. The molecule has 4 nitrogen and oxygen atoms in total. The number of hydrogen-bond donors (Lipinski definition) is 2. The van der Waals surface area contributed by atoms with Crippen LogP contribution in [0.2, 0.25) is 10.0 Å². The Kier molecular flexibility index (Phi) is 4.55. The van der Waals surface area contributed by atoms with Gasteiger partial charge in [-0.1, -0.05) is 47.5 Å². The van der Waals surface area contributed by atoms with Crippen molar-refractivity contribution < 1.29 is 9.59 Å². The lowest BCUT2D eigenvalue weighted by molar-refractivity contribution is -0.122. The van der Waals surface area contributed by atoms with Crippen LogP contribution in [0, 0.1) is 11.8 Å². The highest BCUT2D eigenvalue weighted by Crippen LogP contribution is 2.41. The third-order valence-corrected chi connectivity index (χ3v) is 4.39. The minimum atomic E-state index is -0.339. The predicted molar refractivity (Wildman–Crippen MR) is 91.8 cm³/mol. The fourth-order valence-electron chi connectivity index (χ4n) is 2.35. The fourth-order valence-corrected chi connectivity index (χ4v) is 2.72. The average Bonchev–Trinajstić information content (AvgIpc) is 3.32. The second-order valence-electron chi connectivity index (χ2n) is 5.39. The maximum atomic E-state index is 12.2. The van der Waals surface area contributed by atoms with Gasteiger partial charge < -0.3 is 10.6 Å². The van der Waals surface area contributed by atoms with Gasteiger partial charge in [-0.05, 0) is 30.7 Å². The lowest BCUT2D eigenvalue weighted by atomic mass is 10.2. The number of carbonyl (C=O) groups excluding carboxylic acids is 2. The van der Waals surface area contributed by atoms with E-state index in [9.17, 15) is 9.59 Å². The summed E-state index contributed by atoms with van der Waals surface area (Å²) in [6.45, 7) is 0. The number of nitrogens with one attached hydrogen (secondary N) is 2. The zero-order chi connectivity index (χ0) is 16.4. The Balaban J connectivity index is 1.58. The van der Waals surface area contributed by atoms with Gasteiger partial charge in [-0.2, -0.15) is 0 Å². The van der Waals surface area contributed by atoms with Crippen molar-refractivity contribution in [2.45, 2.75) is 6.42 Å². The van der Waals surface area contributed by atoms with E-state index in [1.165, 1.54) is 0 Å². The van der Waals surface area contributed by atoms with Crippen molar-refractivity contribution in [3.05, 3.63) is 58.6 Å². The van der Waals surface area contributed by atoms with Crippen LogP contribution in [-0.2, 0) is 9.59 Å². The van der Waals surface area contributed by atoms with Crippen LogP contribution in [-0.4, -0.2) is 11.8 Å². The molecule has 0 aromatic heterocycles. The molecule has 1 saturated carbocycles. The topological polar surface area (TPSA) is 58.2 Å². The van der Waals surface area contributed by atoms with Crippen molar-refractivity contribution in [2.75, 3.05) is 10.6 Å². The van der Waals surface area contributed by atoms with Crippen molar-refractivity contribution in [1.82, 2.24) is 0 Å². The lowest BCUT2D eigenvalue weighted by Gasteiger charge is -2.08. The van der Waals surface area contributed by atoms with E-state index in [1.807, 2.05) is 0 Å². The van der Waals surface area contributed by atoms with Gasteiger partial charge in [-0.15, -0.1) is 0 Å². The zero-order valence-corrected chi connectivity index (χ0v) is 13.6. The summed E-state index contributed by atoms with van der Waals surface area (Å²) < 4.78 is 0. The van der Waals surface area contributed by atoms with Gasteiger partial charge in [-0.3, -0.25) is 9.59 Å². The molecule has 0 heterocycles. The molecule has 2 atom stereocenters.